The maximum absolute atomic E-state index is 11.2. The van der Waals surface area contributed by atoms with Gasteiger partial charge in [-0.1, -0.05) is 37.3 Å². The van der Waals surface area contributed by atoms with E-state index in [4.69, 9.17) is 0 Å². The minimum atomic E-state index is -0.356. The Morgan fingerprint density at radius 2 is 2.05 bits per heavy atom. The van der Waals surface area contributed by atoms with E-state index in [1.165, 1.54) is 5.56 Å². The molecule has 21 heavy (non-hydrogen) atoms. The maximum Gasteiger partial charge on any atom is 0.333 e. The van der Waals surface area contributed by atoms with Crippen LogP contribution in [0.15, 0.2) is 30.3 Å². The van der Waals surface area contributed by atoms with Crippen molar-refractivity contribution in [3.8, 4) is 0 Å². The van der Waals surface area contributed by atoms with Crippen LogP contribution in [0.4, 0.5) is 11.5 Å². The molecule has 0 spiro atoms. The van der Waals surface area contributed by atoms with Crippen molar-refractivity contribution >= 4 is 11.5 Å². The Hall–Kier alpha value is -2.37. The highest BCUT2D eigenvalue weighted by Gasteiger charge is 2.24. The largest absolute Gasteiger partial charge is 0.365 e. The molecule has 6 heteroatoms. The Morgan fingerprint density at radius 1 is 1.33 bits per heavy atom. The molecule has 1 N–H and O–H groups in total. The van der Waals surface area contributed by atoms with Crippen molar-refractivity contribution in [1.82, 2.24) is 9.78 Å². The van der Waals surface area contributed by atoms with Crippen molar-refractivity contribution in [1.29, 1.82) is 0 Å². The molecule has 0 fully saturated rings. The van der Waals surface area contributed by atoms with E-state index in [1.54, 1.807) is 11.7 Å². The summed E-state index contributed by atoms with van der Waals surface area (Å²) in [7, 11) is 1.73. The first kappa shape index (κ1) is 15.0. The van der Waals surface area contributed by atoms with Crippen LogP contribution in [0.1, 0.15) is 24.6 Å². The Balaban J connectivity index is 1.97. The van der Waals surface area contributed by atoms with Crippen LogP contribution < -0.4 is 5.32 Å². The third-order valence-electron chi connectivity index (χ3n) is 3.39. The van der Waals surface area contributed by atoms with E-state index in [9.17, 15) is 10.1 Å². The number of nitrogens with one attached hydrogen (secondary N) is 1. The van der Waals surface area contributed by atoms with Gasteiger partial charge in [-0.2, -0.15) is 5.10 Å². The van der Waals surface area contributed by atoms with E-state index < -0.39 is 0 Å². The van der Waals surface area contributed by atoms with Crippen molar-refractivity contribution in [3.63, 3.8) is 0 Å². The lowest BCUT2D eigenvalue weighted by atomic mass is 10.1. The highest BCUT2D eigenvalue weighted by atomic mass is 16.6. The second-order valence-corrected chi connectivity index (χ2v) is 4.89. The number of hydrogen-bond acceptors (Lipinski definition) is 4. The molecule has 1 aromatic heterocycles. The van der Waals surface area contributed by atoms with Gasteiger partial charge < -0.3 is 5.32 Å². The second kappa shape index (κ2) is 6.88. The Morgan fingerprint density at radius 3 is 2.67 bits per heavy atom. The quantitative estimate of drug-likeness (QED) is 0.483. The molecule has 0 radical (unpaired) electrons. The molecule has 0 aliphatic heterocycles. The Kier molecular flexibility index (Phi) is 4.92. The van der Waals surface area contributed by atoms with E-state index in [0.717, 1.165) is 12.8 Å². The summed E-state index contributed by atoms with van der Waals surface area (Å²) in [6, 6.07) is 10.2. The fraction of sp³-hybridized carbons (Fsp3) is 0.400. The topological polar surface area (TPSA) is 73.0 Å². The van der Waals surface area contributed by atoms with E-state index in [1.807, 2.05) is 25.1 Å². The zero-order chi connectivity index (χ0) is 15.2. The van der Waals surface area contributed by atoms with Crippen LogP contribution in [0.2, 0.25) is 0 Å². The van der Waals surface area contributed by atoms with Crippen molar-refractivity contribution in [2.75, 3.05) is 11.9 Å². The van der Waals surface area contributed by atoms with Gasteiger partial charge in [0.15, 0.2) is 0 Å². The lowest BCUT2D eigenvalue weighted by Gasteiger charge is -2.06. The van der Waals surface area contributed by atoms with Gasteiger partial charge >= 0.3 is 5.69 Å². The molecule has 0 aliphatic rings. The number of benzene rings is 1. The molecular weight excluding hydrogens is 268 g/mol. The molecule has 6 nitrogen and oxygen atoms in total. The first-order chi connectivity index (χ1) is 10.1. The van der Waals surface area contributed by atoms with Gasteiger partial charge in [0.1, 0.15) is 5.69 Å². The summed E-state index contributed by atoms with van der Waals surface area (Å²) in [5.74, 6) is 0.491. The lowest BCUT2D eigenvalue weighted by molar-refractivity contribution is -0.384. The first-order valence-corrected chi connectivity index (χ1v) is 7.11. The standard InChI is InChI=1S/C15H20N4O2/c1-3-13-14(19(20)21)15(18(2)17-13)16-11-7-10-12-8-5-4-6-9-12/h4-6,8-9,16H,3,7,10-11H2,1-2H3. The van der Waals surface area contributed by atoms with Gasteiger partial charge in [-0.25, -0.2) is 4.68 Å². The van der Waals surface area contributed by atoms with Crippen LogP contribution in [-0.2, 0) is 19.9 Å². The molecule has 2 aromatic rings. The molecular formula is C15H20N4O2. The van der Waals surface area contributed by atoms with Gasteiger partial charge in [0.2, 0.25) is 5.82 Å². The summed E-state index contributed by atoms with van der Waals surface area (Å²) >= 11 is 0. The number of aromatic nitrogens is 2. The van der Waals surface area contributed by atoms with E-state index in [0.29, 0.717) is 24.5 Å². The second-order valence-electron chi connectivity index (χ2n) is 4.89. The number of aryl methyl sites for hydroxylation is 3. The maximum atomic E-state index is 11.2. The number of rotatable bonds is 7. The SMILES string of the molecule is CCc1nn(C)c(NCCCc2ccccc2)c1[N+](=O)[O-]. The third kappa shape index (κ3) is 3.59. The van der Waals surface area contributed by atoms with Crippen molar-refractivity contribution in [2.24, 2.45) is 7.05 Å². The summed E-state index contributed by atoms with van der Waals surface area (Å²) in [5.41, 5.74) is 1.89. The smallest absolute Gasteiger partial charge is 0.333 e. The number of hydrogen-bond donors (Lipinski definition) is 1. The summed E-state index contributed by atoms with van der Waals surface area (Å²) in [6.07, 6.45) is 2.41. The van der Waals surface area contributed by atoms with E-state index in [2.05, 4.69) is 22.5 Å². The summed E-state index contributed by atoms with van der Waals surface area (Å²) < 4.78 is 1.56. The number of nitrogens with zero attached hydrogens (tertiary/aromatic N) is 3. The van der Waals surface area contributed by atoms with Gasteiger partial charge in [0, 0.05) is 13.6 Å². The molecule has 0 aliphatic carbocycles. The predicted molar refractivity (Wildman–Crippen MR) is 82.5 cm³/mol. The van der Waals surface area contributed by atoms with Crippen molar-refractivity contribution in [3.05, 3.63) is 51.7 Å². The number of anilines is 1. The van der Waals surface area contributed by atoms with E-state index in [-0.39, 0.29) is 10.6 Å². The summed E-state index contributed by atoms with van der Waals surface area (Å²) in [5, 5.41) is 18.5. The van der Waals surface area contributed by atoms with Crippen LogP contribution in [0.5, 0.6) is 0 Å². The highest BCUT2D eigenvalue weighted by molar-refractivity contribution is 5.59. The van der Waals surface area contributed by atoms with Crippen LogP contribution in [-0.4, -0.2) is 21.2 Å². The normalized spacial score (nSPS) is 10.6. The summed E-state index contributed by atoms with van der Waals surface area (Å²) in [6.45, 7) is 2.55. The van der Waals surface area contributed by atoms with Crippen LogP contribution in [0.25, 0.3) is 0 Å². The average Bonchev–Trinajstić information content (AvgIpc) is 2.81. The average molecular weight is 288 g/mol. The van der Waals surface area contributed by atoms with Gasteiger partial charge in [0.25, 0.3) is 0 Å². The minimum Gasteiger partial charge on any atom is -0.365 e. The molecule has 0 bridgehead atoms. The van der Waals surface area contributed by atoms with Crippen molar-refractivity contribution in [2.45, 2.75) is 26.2 Å². The Labute approximate surface area is 123 Å². The summed E-state index contributed by atoms with van der Waals surface area (Å²) in [4.78, 5) is 10.8. The molecule has 1 heterocycles. The van der Waals surface area contributed by atoms with Gasteiger partial charge in [0.05, 0.1) is 4.92 Å². The molecule has 0 amide bonds. The fourth-order valence-electron chi connectivity index (χ4n) is 2.34. The first-order valence-electron chi connectivity index (χ1n) is 7.11. The van der Waals surface area contributed by atoms with Gasteiger partial charge in [-0.15, -0.1) is 0 Å². The van der Waals surface area contributed by atoms with Gasteiger partial charge in [-0.05, 0) is 24.8 Å². The molecule has 0 atom stereocenters. The fourth-order valence-corrected chi connectivity index (χ4v) is 2.34. The Bertz CT molecular complexity index is 608. The molecule has 0 saturated heterocycles. The van der Waals surface area contributed by atoms with Crippen LogP contribution in [0.3, 0.4) is 0 Å². The molecule has 0 unspecified atom stereocenters. The lowest BCUT2D eigenvalue weighted by Crippen LogP contribution is -2.08. The molecule has 1 aromatic carbocycles. The van der Waals surface area contributed by atoms with Crippen LogP contribution >= 0.6 is 0 Å². The zero-order valence-electron chi connectivity index (χ0n) is 12.4. The molecule has 0 saturated carbocycles. The molecule has 112 valence electrons. The van der Waals surface area contributed by atoms with Gasteiger partial charge in [-0.3, -0.25) is 10.1 Å². The number of nitro groups is 1. The monoisotopic (exact) mass is 288 g/mol. The zero-order valence-corrected chi connectivity index (χ0v) is 12.4. The highest BCUT2D eigenvalue weighted by Crippen LogP contribution is 2.28. The van der Waals surface area contributed by atoms with Crippen LogP contribution in [0, 0.1) is 10.1 Å². The third-order valence-corrected chi connectivity index (χ3v) is 3.39. The minimum absolute atomic E-state index is 0.0970. The van der Waals surface area contributed by atoms with Crippen molar-refractivity contribution < 1.29 is 4.92 Å². The molecule has 2 rings (SSSR count). The predicted octanol–water partition coefficient (Wildman–Crippen LogP) is 2.94. The van der Waals surface area contributed by atoms with E-state index >= 15 is 0 Å².